The summed E-state index contributed by atoms with van der Waals surface area (Å²) in [5.74, 6) is 2.89. The third-order valence-corrected chi connectivity index (χ3v) is 3.01. The van der Waals surface area contributed by atoms with E-state index in [0.717, 1.165) is 39.4 Å². The van der Waals surface area contributed by atoms with E-state index in [1.165, 1.54) is 6.42 Å². The second kappa shape index (κ2) is 7.50. The topological polar surface area (TPSA) is 41.7 Å². The standard InChI is InChI=1S/C12H23N3O/c1-3-12(11-14(2)6-4-5-13)15-7-9-16-10-8-15/h12H,3,6-11,13H2,1-2H3. The summed E-state index contributed by atoms with van der Waals surface area (Å²) in [4.78, 5) is 4.74. The predicted octanol–water partition coefficient (Wildman–Crippen LogP) is -0.0514. The van der Waals surface area contributed by atoms with Crippen LogP contribution in [0.15, 0.2) is 0 Å². The third-order valence-electron chi connectivity index (χ3n) is 3.01. The van der Waals surface area contributed by atoms with Crippen molar-refractivity contribution < 1.29 is 4.74 Å². The highest BCUT2D eigenvalue weighted by Gasteiger charge is 2.20. The largest absolute Gasteiger partial charge is 0.379 e. The molecule has 0 bridgehead atoms. The van der Waals surface area contributed by atoms with Crippen molar-refractivity contribution in [1.82, 2.24) is 9.80 Å². The van der Waals surface area contributed by atoms with Gasteiger partial charge in [-0.2, -0.15) is 0 Å². The van der Waals surface area contributed by atoms with Crippen LogP contribution in [-0.2, 0) is 4.74 Å². The first-order valence-corrected chi connectivity index (χ1v) is 5.96. The molecule has 1 saturated heterocycles. The Bertz CT molecular complexity index is 240. The van der Waals surface area contributed by atoms with Gasteiger partial charge < -0.3 is 10.5 Å². The first-order chi connectivity index (χ1) is 7.77. The van der Waals surface area contributed by atoms with Crippen LogP contribution < -0.4 is 5.73 Å². The highest BCUT2D eigenvalue weighted by molar-refractivity contribution is 4.96. The summed E-state index contributed by atoms with van der Waals surface area (Å²) in [7, 11) is 2.09. The molecule has 1 rings (SSSR count). The Morgan fingerprint density at radius 2 is 2.12 bits per heavy atom. The molecule has 0 aliphatic carbocycles. The number of hydrogen-bond donors (Lipinski definition) is 1. The zero-order chi connectivity index (χ0) is 11.8. The molecule has 0 aromatic heterocycles. The lowest BCUT2D eigenvalue weighted by molar-refractivity contribution is 0.00987. The van der Waals surface area contributed by atoms with Crippen molar-refractivity contribution in [2.45, 2.75) is 19.4 Å². The van der Waals surface area contributed by atoms with Gasteiger partial charge in [0.05, 0.1) is 19.8 Å². The Morgan fingerprint density at radius 1 is 1.44 bits per heavy atom. The number of morpholine rings is 1. The van der Waals surface area contributed by atoms with E-state index in [2.05, 4.69) is 35.7 Å². The van der Waals surface area contributed by atoms with Crippen LogP contribution in [0.4, 0.5) is 0 Å². The molecule has 1 aliphatic heterocycles. The van der Waals surface area contributed by atoms with Gasteiger partial charge in [-0.25, -0.2) is 0 Å². The molecule has 4 nitrogen and oxygen atoms in total. The van der Waals surface area contributed by atoms with Crippen LogP contribution in [0.5, 0.6) is 0 Å². The fourth-order valence-electron chi connectivity index (χ4n) is 2.05. The molecular weight excluding hydrogens is 202 g/mol. The van der Waals surface area contributed by atoms with Crippen molar-refractivity contribution >= 4 is 0 Å². The molecule has 0 radical (unpaired) electrons. The second-order valence-electron chi connectivity index (χ2n) is 4.23. The molecule has 0 amide bonds. The predicted molar refractivity (Wildman–Crippen MR) is 65.9 cm³/mol. The molecule has 1 fully saturated rings. The average molecular weight is 225 g/mol. The van der Waals surface area contributed by atoms with Gasteiger partial charge in [-0.15, -0.1) is 0 Å². The van der Waals surface area contributed by atoms with E-state index >= 15 is 0 Å². The molecule has 1 aliphatic rings. The van der Waals surface area contributed by atoms with Gasteiger partial charge in [0.2, 0.25) is 0 Å². The molecule has 1 heterocycles. The maximum absolute atomic E-state index is 5.37. The summed E-state index contributed by atoms with van der Waals surface area (Å²) < 4.78 is 5.37. The lowest BCUT2D eigenvalue weighted by Gasteiger charge is -2.35. The van der Waals surface area contributed by atoms with Gasteiger partial charge in [0.15, 0.2) is 0 Å². The molecule has 0 saturated carbocycles. The molecule has 1 unspecified atom stereocenters. The van der Waals surface area contributed by atoms with Gasteiger partial charge in [-0.1, -0.05) is 12.8 Å². The van der Waals surface area contributed by atoms with Gasteiger partial charge in [0.1, 0.15) is 0 Å². The van der Waals surface area contributed by atoms with Crippen LogP contribution in [0.1, 0.15) is 13.3 Å². The van der Waals surface area contributed by atoms with Gasteiger partial charge in [0.25, 0.3) is 0 Å². The van der Waals surface area contributed by atoms with Crippen molar-refractivity contribution in [3.05, 3.63) is 0 Å². The SMILES string of the molecule is CCC(CN(C)CC#CN)N1CCOCC1. The fraction of sp³-hybridized carbons (Fsp3) is 0.833. The Hall–Kier alpha value is -0.760. The number of hydrogen-bond acceptors (Lipinski definition) is 4. The number of nitrogens with zero attached hydrogens (tertiary/aromatic N) is 2. The van der Waals surface area contributed by atoms with Crippen LogP contribution in [0, 0.1) is 12.0 Å². The van der Waals surface area contributed by atoms with Gasteiger partial charge >= 0.3 is 0 Å². The third kappa shape index (κ3) is 4.40. The molecule has 0 spiro atoms. The molecule has 16 heavy (non-hydrogen) atoms. The van der Waals surface area contributed by atoms with Crippen molar-refractivity contribution in [2.24, 2.45) is 5.73 Å². The van der Waals surface area contributed by atoms with E-state index < -0.39 is 0 Å². The Morgan fingerprint density at radius 3 is 2.69 bits per heavy atom. The number of nitrogens with two attached hydrogens (primary N) is 1. The van der Waals surface area contributed by atoms with Crippen molar-refractivity contribution in [3.8, 4) is 12.0 Å². The van der Waals surface area contributed by atoms with Gasteiger partial charge in [-0.3, -0.25) is 9.80 Å². The monoisotopic (exact) mass is 225 g/mol. The molecule has 92 valence electrons. The average Bonchev–Trinajstić information content (AvgIpc) is 2.34. The summed E-state index contributed by atoms with van der Waals surface area (Å²) in [6.45, 7) is 7.86. The van der Waals surface area contributed by atoms with Crippen molar-refractivity contribution in [3.63, 3.8) is 0 Å². The first kappa shape index (κ1) is 13.3. The van der Waals surface area contributed by atoms with Gasteiger partial charge in [0, 0.05) is 31.7 Å². The van der Waals surface area contributed by atoms with Crippen LogP contribution in [-0.4, -0.2) is 62.3 Å². The van der Waals surface area contributed by atoms with Crippen LogP contribution in [0.25, 0.3) is 0 Å². The Labute approximate surface area is 98.7 Å². The quantitative estimate of drug-likeness (QED) is 0.526. The maximum atomic E-state index is 5.37. The molecule has 2 N–H and O–H groups in total. The Kier molecular flexibility index (Phi) is 6.24. The summed E-state index contributed by atoms with van der Waals surface area (Å²) in [5.41, 5.74) is 5.17. The fourth-order valence-corrected chi connectivity index (χ4v) is 2.05. The normalized spacial score (nSPS) is 19.2. The maximum Gasteiger partial charge on any atom is 0.0618 e. The van der Waals surface area contributed by atoms with Crippen LogP contribution in [0.3, 0.4) is 0 Å². The number of ether oxygens (including phenoxy) is 1. The highest BCUT2D eigenvalue weighted by Crippen LogP contribution is 2.08. The number of rotatable bonds is 5. The van der Waals surface area contributed by atoms with Crippen LogP contribution in [0.2, 0.25) is 0 Å². The zero-order valence-electron chi connectivity index (χ0n) is 10.4. The van der Waals surface area contributed by atoms with Crippen molar-refractivity contribution in [1.29, 1.82) is 0 Å². The van der Waals surface area contributed by atoms with Crippen molar-refractivity contribution in [2.75, 3.05) is 46.4 Å². The van der Waals surface area contributed by atoms with E-state index in [1.54, 1.807) is 0 Å². The number of likely N-dealkylation sites (N-methyl/N-ethyl adjacent to an activating group) is 1. The second-order valence-corrected chi connectivity index (χ2v) is 4.23. The van der Waals surface area contributed by atoms with E-state index in [1.807, 2.05) is 0 Å². The minimum atomic E-state index is 0.605. The highest BCUT2D eigenvalue weighted by atomic mass is 16.5. The molecule has 0 aromatic rings. The summed E-state index contributed by atoms with van der Waals surface area (Å²) in [5, 5.41) is 0. The smallest absolute Gasteiger partial charge is 0.0618 e. The van der Waals surface area contributed by atoms with E-state index in [-0.39, 0.29) is 0 Å². The minimum Gasteiger partial charge on any atom is -0.379 e. The summed E-state index contributed by atoms with van der Waals surface area (Å²) in [6.07, 6.45) is 1.17. The Balaban J connectivity index is 2.36. The molecule has 1 atom stereocenters. The zero-order valence-corrected chi connectivity index (χ0v) is 10.4. The summed E-state index contributed by atoms with van der Waals surface area (Å²) in [6, 6.07) is 3.05. The lowest BCUT2D eigenvalue weighted by Crippen LogP contribution is -2.48. The molecular formula is C12H23N3O. The van der Waals surface area contributed by atoms with Crippen LogP contribution >= 0.6 is 0 Å². The molecule has 4 heteroatoms. The van der Waals surface area contributed by atoms with E-state index in [0.29, 0.717) is 6.04 Å². The minimum absolute atomic E-state index is 0.605. The van der Waals surface area contributed by atoms with E-state index in [9.17, 15) is 0 Å². The lowest BCUT2D eigenvalue weighted by atomic mass is 10.1. The summed E-state index contributed by atoms with van der Waals surface area (Å²) >= 11 is 0. The molecule has 0 aromatic carbocycles. The first-order valence-electron chi connectivity index (χ1n) is 5.96. The van der Waals surface area contributed by atoms with E-state index in [4.69, 9.17) is 10.5 Å². The van der Waals surface area contributed by atoms with Gasteiger partial charge in [-0.05, 0) is 13.5 Å².